The Kier molecular flexibility index (Phi) is 4.01. The first kappa shape index (κ1) is 14.1. The number of nitrogens with zero attached hydrogens (tertiary/aromatic N) is 1. The van der Waals surface area contributed by atoms with Crippen LogP contribution in [0.2, 0.25) is 0 Å². The molecule has 1 aliphatic heterocycles. The minimum atomic E-state index is -3.45. The monoisotopic (exact) mass is 286 g/mol. The van der Waals surface area contributed by atoms with E-state index in [-0.39, 0.29) is 13.2 Å². The Morgan fingerprint density at radius 1 is 1.37 bits per heavy atom. The molecule has 0 aromatic heterocycles. The number of nitrogens with one attached hydrogen (secondary N) is 1. The Morgan fingerprint density at radius 3 is 2.47 bits per heavy atom. The van der Waals surface area contributed by atoms with Gasteiger partial charge in [0.1, 0.15) is 13.2 Å². The van der Waals surface area contributed by atoms with Crippen LogP contribution >= 0.6 is 7.75 Å². The molecule has 8 heteroatoms. The summed E-state index contributed by atoms with van der Waals surface area (Å²) in [4.78, 5) is 10.3. The molecular weight excluding hydrogens is 271 g/mol. The molecule has 1 N–H and O–H groups in total. The van der Waals surface area contributed by atoms with Crippen molar-refractivity contribution in [1.29, 1.82) is 0 Å². The van der Waals surface area contributed by atoms with Crippen molar-refractivity contribution in [3.63, 3.8) is 0 Å². The Hall–Kier alpha value is -1.27. The standard InChI is InChI=1S/C11H15N2O5P/c1-11(13(14)15)8-17-19(16,18-9-11)12-7-10-5-3-2-4-6-10/h2-6H,7-9H2,1H3,(H,12,16). The van der Waals surface area contributed by atoms with Crippen LogP contribution in [0.25, 0.3) is 0 Å². The lowest BCUT2D eigenvalue weighted by atomic mass is 10.1. The number of rotatable bonds is 4. The summed E-state index contributed by atoms with van der Waals surface area (Å²) in [5.41, 5.74) is -0.421. The van der Waals surface area contributed by atoms with Gasteiger partial charge < -0.3 is 0 Å². The lowest BCUT2D eigenvalue weighted by molar-refractivity contribution is -0.573. The third-order valence-electron chi connectivity index (χ3n) is 2.85. The van der Waals surface area contributed by atoms with Crippen molar-refractivity contribution >= 4 is 7.75 Å². The predicted octanol–water partition coefficient (Wildman–Crippen LogP) is 1.97. The molecule has 1 saturated heterocycles. The minimum absolute atomic E-state index is 0.237. The summed E-state index contributed by atoms with van der Waals surface area (Å²) < 4.78 is 22.2. The summed E-state index contributed by atoms with van der Waals surface area (Å²) in [5, 5.41) is 13.5. The van der Waals surface area contributed by atoms with Crippen LogP contribution in [-0.4, -0.2) is 23.7 Å². The molecule has 1 heterocycles. The Labute approximate surface area is 110 Å². The number of benzene rings is 1. The molecule has 7 nitrogen and oxygen atoms in total. The second kappa shape index (κ2) is 5.38. The summed E-state index contributed by atoms with van der Waals surface area (Å²) in [6, 6.07) is 9.33. The molecule has 1 aliphatic rings. The molecule has 0 unspecified atom stereocenters. The zero-order valence-corrected chi connectivity index (χ0v) is 11.3. The van der Waals surface area contributed by atoms with Crippen molar-refractivity contribution in [2.75, 3.05) is 13.2 Å². The molecule has 0 saturated carbocycles. The summed E-state index contributed by atoms with van der Waals surface area (Å²) in [6.07, 6.45) is 0. The molecular formula is C11H15N2O5P. The Balaban J connectivity index is 1.92. The van der Waals surface area contributed by atoms with E-state index in [0.29, 0.717) is 6.54 Å². The molecule has 0 bridgehead atoms. The van der Waals surface area contributed by atoms with Crippen molar-refractivity contribution in [1.82, 2.24) is 5.09 Å². The summed E-state index contributed by atoms with van der Waals surface area (Å²) in [5.74, 6) is 0. The molecule has 1 aromatic carbocycles. The lowest BCUT2D eigenvalue weighted by Crippen LogP contribution is -2.47. The highest BCUT2D eigenvalue weighted by molar-refractivity contribution is 7.51. The van der Waals surface area contributed by atoms with Crippen LogP contribution in [0.3, 0.4) is 0 Å². The van der Waals surface area contributed by atoms with Gasteiger partial charge in [0.2, 0.25) is 0 Å². The molecule has 0 amide bonds. The van der Waals surface area contributed by atoms with Crippen LogP contribution in [0.15, 0.2) is 30.3 Å². The van der Waals surface area contributed by atoms with E-state index in [2.05, 4.69) is 5.09 Å². The van der Waals surface area contributed by atoms with Gasteiger partial charge in [-0.3, -0.25) is 19.2 Å². The minimum Gasteiger partial charge on any atom is -0.289 e. The maximum Gasteiger partial charge on any atom is 0.406 e. The Bertz CT molecular complexity index is 495. The first-order valence-electron chi connectivity index (χ1n) is 5.76. The second-order valence-electron chi connectivity index (χ2n) is 4.62. The second-order valence-corrected chi connectivity index (χ2v) is 6.45. The van der Waals surface area contributed by atoms with Gasteiger partial charge in [-0.15, -0.1) is 0 Å². The van der Waals surface area contributed by atoms with Crippen LogP contribution in [0.4, 0.5) is 0 Å². The van der Waals surface area contributed by atoms with Crippen LogP contribution in [0.1, 0.15) is 12.5 Å². The van der Waals surface area contributed by atoms with Crippen LogP contribution < -0.4 is 5.09 Å². The molecule has 19 heavy (non-hydrogen) atoms. The highest BCUT2D eigenvalue weighted by atomic mass is 31.2. The van der Waals surface area contributed by atoms with Gasteiger partial charge in [0.15, 0.2) is 0 Å². The third-order valence-corrected chi connectivity index (χ3v) is 4.33. The zero-order chi connectivity index (χ0) is 13.9. The average molecular weight is 286 g/mol. The molecule has 0 radical (unpaired) electrons. The van der Waals surface area contributed by atoms with Crippen molar-refractivity contribution in [3.8, 4) is 0 Å². The maximum atomic E-state index is 12.1. The molecule has 0 spiro atoms. The van der Waals surface area contributed by atoms with E-state index in [1.807, 2.05) is 30.3 Å². The highest BCUT2D eigenvalue weighted by Gasteiger charge is 2.47. The van der Waals surface area contributed by atoms with Gasteiger partial charge in [0.25, 0.3) is 5.54 Å². The van der Waals surface area contributed by atoms with Gasteiger partial charge in [-0.2, -0.15) is 0 Å². The maximum absolute atomic E-state index is 12.1. The molecule has 104 valence electrons. The highest BCUT2D eigenvalue weighted by Crippen LogP contribution is 2.48. The van der Waals surface area contributed by atoms with E-state index in [4.69, 9.17) is 9.05 Å². The Morgan fingerprint density at radius 2 is 1.95 bits per heavy atom. The van der Waals surface area contributed by atoms with E-state index in [9.17, 15) is 14.7 Å². The normalized spacial score (nSPS) is 31.0. The largest absolute Gasteiger partial charge is 0.406 e. The quantitative estimate of drug-likeness (QED) is 0.517. The topological polar surface area (TPSA) is 90.7 Å². The average Bonchev–Trinajstić information content (AvgIpc) is 2.42. The summed E-state index contributed by atoms with van der Waals surface area (Å²) >= 11 is 0. The smallest absolute Gasteiger partial charge is 0.289 e. The van der Waals surface area contributed by atoms with Crippen molar-refractivity contribution in [3.05, 3.63) is 46.0 Å². The van der Waals surface area contributed by atoms with Gasteiger partial charge in [0, 0.05) is 18.4 Å². The van der Waals surface area contributed by atoms with Crippen LogP contribution in [0.5, 0.6) is 0 Å². The molecule has 2 rings (SSSR count). The summed E-state index contributed by atoms with van der Waals surface area (Å²) in [6.45, 7) is 1.24. The van der Waals surface area contributed by atoms with E-state index in [0.717, 1.165) is 5.56 Å². The van der Waals surface area contributed by atoms with E-state index in [1.54, 1.807) is 0 Å². The van der Waals surface area contributed by atoms with Gasteiger partial charge in [-0.25, -0.2) is 9.65 Å². The molecule has 0 atom stereocenters. The molecule has 1 fully saturated rings. The number of nitro groups is 1. The van der Waals surface area contributed by atoms with Gasteiger partial charge >= 0.3 is 7.75 Å². The SMILES string of the molecule is CC1([N+](=O)[O-])COP(=O)(NCc2ccccc2)OC1. The fourth-order valence-electron chi connectivity index (χ4n) is 1.51. The van der Waals surface area contributed by atoms with Crippen LogP contribution in [-0.2, 0) is 20.2 Å². The number of hydrogen-bond acceptors (Lipinski definition) is 5. The van der Waals surface area contributed by atoms with Gasteiger partial charge in [-0.05, 0) is 5.56 Å². The van der Waals surface area contributed by atoms with Crippen molar-refractivity contribution in [2.45, 2.75) is 19.0 Å². The predicted molar refractivity (Wildman–Crippen MR) is 68.2 cm³/mol. The lowest BCUT2D eigenvalue weighted by Gasteiger charge is -2.30. The first-order valence-corrected chi connectivity index (χ1v) is 7.30. The van der Waals surface area contributed by atoms with Crippen molar-refractivity contribution < 1.29 is 18.5 Å². The van der Waals surface area contributed by atoms with E-state index < -0.39 is 18.2 Å². The molecule has 1 aromatic rings. The fraction of sp³-hybridized carbons (Fsp3) is 0.455. The van der Waals surface area contributed by atoms with Crippen LogP contribution in [0, 0.1) is 10.1 Å². The van der Waals surface area contributed by atoms with Crippen molar-refractivity contribution in [2.24, 2.45) is 0 Å². The van der Waals surface area contributed by atoms with Gasteiger partial charge in [0.05, 0.1) is 0 Å². The fourth-order valence-corrected chi connectivity index (χ4v) is 3.04. The van der Waals surface area contributed by atoms with Gasteiger partial charge in [-0.1, -0.05) is 30.3 Å². The first-order chi connectivity index (χ1) is 8.94. The van der Waals surface area contributed by atoms with E-state index in [1.165, 1.54) is 6.92 Å². The third kappa shape index (κ3) is 3.39. The zero-order valence-electron chi connectivity index (χ0n) is 10.4. The summed E-state index contributed by atoms with van der Waals surface area (Å²) in [7, 11) is -3.45. The number of hydrogen-bond donors (Lipinski definition) is 1. The van der Waals surface area contributed by atoms with E-state index >= 15 is 0 Å². The molecule has 0 aliphatic carbocycles.